The molecule has 0 aromatic heterocycles. The third kappa shape index (κ3) is 57.5. The Bertz CT molecular complexity index is 1600. The molecule has 0 saturated heterocycles. The van der Waals surface area contributed by atoms with Crippen LogP contribution in [0.2, 0.25) is 0 Å². The minimum atomic E-state index is -4.40. The second-order valence-electron chi connectivity index (χ2n) is 18.7. The second-order valence-corrected chi connectivity index (χ2v) is 20.2. The molecule has 73 heavy (non-hydrogen) atoms. The van der Waals surface area contributed by atoms with Gasteiger partial charge in [-0.15, -0.1) is 0 Å². The molecule has 0 spiro atoms. The highest BCUT2D eigenvalue weighted by Crippen LogP contribution is 2.43. The van der Waals surface area contributed by atoms with Crippen molar-refractivity contribution in [1.82, 2.24) is 0 Å². The summed E-state index contributed by atoms with van der Waals surface area (Å²) in [5.74, 6) is -0.844. The van der Waals surface area contributed by atoms with Gasteiger partial charge < -0.3 is 20.1 Å². The molecule has 0 amide bonds. The Morgan fingerprint density at radius 3 is 1.05 bits per heavy atom. The number of phosphoric ester groups is 1. The Hall–Kier alpha value is -3.59. The molecule has 0 rings (SSSR count). The molecule has 0 aromatic carbocycles. The van der Waals surface area contributed by atoms with Crippen LogP contribution in [0.1, 0.15) is 232 Å². The van der Waals surface area contributed by atoms with Gasteiger partial charge in [-0.1, -0.05) is 238 Å². The van der Waals surface area contributed by atoms with Crippen molar-refractivity contribution in [2.75, 3.05) is 26.4 Å². The standard InChI is InChI=1S/C63H106NO8P/c1-3-5-7-9-11-13-15-17-19-21-23-25-27-29-30-32-34-36-38-40-42-44-46-48-50-52-54-56-63(66)72-61(60-71-73(67,68)70-58-57-64)59-69-62(65)55-53-51-49-47-45-43-41-39-37-35-33-31-28-26-24-22-20-18-16-14-12-10-8-6-4-2/h5-8,11-14,17-20,23-26,29-30,34,36,61H,3-4,9-10,15-16,21-22,27-28,31-33,35,37-60,64H2,1-2H3,(H,67,68)/b7-5-,8-6-,13-11-,14-12-,19-17-,20-18-,25-23-,26-24-,30-29-,36-34-. The first-order valence-corrected chi connectivity index (χ1v) is 30.5. The van der Waals surface area contributed by atoms with E-state index < -0.39 is 26.5 Å². The van der Waals surface area contributed by atoms with Crippen molar-refractivity contribution in [2.24, 2.45) is 5.73 Å². The van der Waals surface area contributed by atoms with Gasteiger partial charge in [0.15, 0.2) is 6.10 Å². The van der Waals surface area contributed by atoms with Crippen LogP contribution in [-0.2, 0) is 32.7 Å². The average Bonchev–Trinajstić information content (AvgIpc) is 3.38. The van der Waals surface area contributed by atoms with Crippen LogP contribution in [0, 0.1) is 0 Å². The Morgan fingerprint density at radius 1 is 0.411 bits per heavy atom. The van der Waals surface area contributed by atoms with Crippen molar-refractivity contribution >= 4 is 19.8 Å². The summed E-state index contributed by atoms with van der Waals surface area (Å²) in [4.78, 5) is 35.2. The van der Waals surface area contributed by atoms with Gasteiger partial charge in [0.25, 0.3) is 0 Å². The maximum absolute atomic E-state index is 12.7. The molecule has 0 saturated carbocycles. The van der Waals surface area contributed by atoms with Gasteiger partial charge in [-0.3, -0.25) is 18.6 Å². The predicted octanol–water partition coefficient (Wildman–Crippen LogP) is 18.4. The Labute approximate surface area is 447 Å². The van der Waals surface area contributed by atoms with Gasteiger partial charge in [-0.05, 0) is 103 Å². The number of nitrogens with two attached hydrogens (primary N) is 1. The second kappa shape index (κ2) is 57.7. The Balaban J connectivity index is 4.03. The zero-order chi connectivity index (χ0) is 53.1. The fourth-order valence-corrected chi connectivity index (χ4v) is 8.40. The van der Waals surface area contributed by atoms with E-state index in [2.05, 4.69) is 135 Å². The lowest BCUT2D eigenvalue weighted by molar-refractivity contribution is -0.161. The van der Waals surface area contributed by atoms with E-state index in [1.807, 2.05) is 0 Å². The summed E-state index contributed by atoms with van der Waals surface area (Å²) >= 11 is 0. The number of ether oxygens (including phenoxy) is 2. The summed E-state index contributed by atoms with van der Waals surface area (Å²) in [6.45, 7) is 3.50. The van der Waals surface area contributed by atoms with Crippen molar-refractivity contribution in [3.05, 3.63) is 122 Å². The molecule has 0 aromatic rings. The van der Waals surface area contributed by atoms with E-state index >= 15 is 0 Å². The van der Waals surface area contributed by atoms with Crippen LogP contribution in [0.15, 0.2) is 122 Å². The minimum absolute atomic E-state index is 0.0456. The lowest BCUT2D eigenvalue weighted by Gasteiger charge is -2.19. The normalized spacial score (nSPS) is 14.0. The lowest BCUT2D eigenvalue weighted by atomic mass is 10.0. The van der Waals surface area contributed by atoms with Crippen LogP contribution in [0.4, 0.5) is 0 Å². The van der Waals surface area contributed by atoms with Gasteiger partial charge in [0.2, 0.25) is 0 Å². The highest BCUT2D eigenvalue weighted by atomic mass is 31.2. The number of esters is 2. The maximum Gasteiger partial charge on any atom is 0.472 e. The molecule has 0 aliphatic rings. The van der Waals surface area contributed by atoms with E-state index in [1.165, 1.54) is 89.9 Å². The molecular formula is C63H106NO8P. The average molecular weight is 1040 g/mol. The van der Waals surface area contributed by atoms with E-state index in [4.69, 9.17) is 24.3 Å². The summed E-state index contributed by atoms with van der Waals surface area (Å²) < 4.78 is 33.0. The molecule has 3 N–H and O–H groups in total. The number of phosphoric acid groups is 1. The van der Waals surface area contributed by atoms with Crippen molar-refractivity contribution in [1.29, 1.82) is 0 Å². The van der Waals surface area contributed by atoms with E-state index in [0.717, 1.165) is 109 Å². The first kappa shape index (κ1) is 69.4. The van der Waals surface area contributed by atoms with Crippen molar-refractivity contribution in [3.63, 3.8) is 0 Å². The summed E-state index contributed by atoms with van der Waals surface area (Å²) in [6.07, 6.45) is 79.6. The van der Waals surface area contributed by atoms with Gasteiger partial charge in [-0.25, -0.2) is 4.57 Å². The van der Waals surface area contributed by atoms with Crippen LogP contribution >= 0.6 is 7.82 Å². The summed E-state index contributed by atoms with van der Waals surface area (Å²) in [6, 6.07) is 0. The van der Waals surface area contributed by atoms with Crippen molar-refractivity contribution < 1.29 is 37.6 Å². The van der Waals surface area contributed by atoms with Crippen molar-refractivity contribution in [2.45, 2.75) is 238 Å². The van der Waals surface area contributed by atoms with Crippen LogP contribution < -0.4 is 5.73 Å². The number of unbranched alkanes of at least 4 members (excludes halogenated alkanes) is 20. The van der Waals surface area contributed by atoms with Gasteiger partial charge in [0, 0.05) is 19.4 Å². The van der Waals surface area contributed by atoms with Crippen LogP contribution in [-0.4, -0.2) is 49.3 Å². The molecule has 416 valence electrons. The number of allylic oxidation sites excluding steroid dienone is 20. The fourth-order valence-electron chi connectivity index (χ4n) is 7.63. The molecule has 9 nitrogen and oxygen atoms in total. The highest BCUT2D eigenvalue weighted by Gasteiger charge is 2.26. The molecule has 2 unspecified atom stereocenters. The molecule has 0 heterocycles. The van der Waals surface area contributed by atoms with E-state index in [-0.39, 0.29) is 38.6 Å². The number of carbonyl (C=O) groups excluding carboxylic acids is 2. The molecule has 0 fully saturated rings. The molecular weight excluding hydrogens is 930 g/mol. The van der Waals surface area contributed by atoms with Crippen molar-refractivity contribution in [3.8, 4) is 0 Å². The van der Waals surface area contributed by atoms with Gasteiger partial charge in [0.05, 0.1) is 13.2 Å². The first-order chi connectivity index (χ1) is 35.8. The number of rotatable bonds is 53. The largest absolute Gasteiger partial charge is 0.472 e. The van der Waals surface area contributed by atoms with E-state index in [1.54, 1.807) is 0 Å². The number of carbonyl (C=O) groups is 2. The highest BCUT2D eigenvalue weighted by molar-refractivity contribution is 7.47. The van der Waals surface area contributed by atoms with Gasteiger partial charge >= 0.3 is 19.8 Å². The zero-order valence-electron chi connectivity index (χ0n) is 46.3. The maximum atomic E-state index is 12.7. The number of hydrogen-bond acceptors (Lipinski definition) is 8. The SMILES string of the molecule is CC/C=C\C/C=C\C/C=C\C/C=C\C/C=C\C/C=C\CCCCCCCCCCC(=O)OC(COC(=O)CCCCCCCCCCCCCC/C=C\C/C=C\C/C=C\C/C=C\CC)COP(=O)(O)OCCN. The number of hydrogen-bond donors (Lipinski definition) is 2. The van der Waals surface area contributed by atoms with E-state index in [9.17, 15) is 19.0 Å². The summed E-state index contributed by atoms with van der Waals surface area (Å²) in [7, 11) is -4.40. The van der Waals surface area contributed by atoms with Crippen LogP contribution in [0.25, 0.3) is 0 Å². The zero-order valence-corrected chi connectivity index (χ0v) is 47.2. The first-order valence-electron chi connectivity index (χ1n) is 29.0. The molecule has 2 atom stereocenters. The van der Waals surface area contributed by atoms with Crippen LogP contribution in [0.5, 0.6) is 0 Å². The molecule has 0 aliphatic carbocycles. The third-order valence-electron chi connectivity index (χ3n) is 11.8. The Morgan fingerprint density at radius 2 is 0.712 bits per heavy atom. The molecule has 10 heteroatoms. The lowest BCUT2D eigenvalue weighted by Crippen LogP contribution is -2.29. The summed E-state index contributed by atoms with van der Waals surface area (Å²) in [5.41, 5.74) is 5.38. The van der Waals surface area contributed by atoms with Gasteiger partial charge in [-0.2, -0.15) is 0 Å². The topological polar surface area (TPSA) is 134 Å². The smallest absolute Gasteiger partial charge is 0.462 e. The molecule has 0 bridgehead atoms. The monoisotopic (exact) mass is 1040 g/mol. The quantitative estimate of drug-likeness (QED) is 0.0264. The molecule has 0 radical (unpaired) electrons. The van der Waals surface area contributed by atoms with E-state index in [0.29, 0.717) is 6.42 Å². The molecule has 0 aliphatic heterocycles. The minimum Gasteiger partial charge on any atom is -0.462 e. The van der Waals surface area contributed by atoms with Crippen LogP contribution in [0.3, 0.4) is 0 Å². The Kier molecular flexibility index (Phi) is 54.8. The van der Waals surface area contributed by atoms with Gasteiger partial charge in [0.1, 0.15) is 6.61 Å². The fraction of sp³-hybridized carbons (Fsp3) is 0.651. The third-order valence-corrected chi connectivity index (χ3v) is 12.8. The predicted molar refractivity (Wildman–Crippen MR) is 311 cm³/mol. The summed E-state index contributed by atoms with van der Waals surface area (Å²) in [5, 5.41) is 0.